The van der Waals surface area contributed by atoms with E-state index in [1.165, 1.54) is 52.9 Å². The number of thiocarbonyl (C=S) groups is 2. The van der Waals surface area contributed by atoms with Crippen LogP contribution in [0.5, 0.6) is 0 Å². The summed E-state index contributed by atoms with van der Waals surface area (Å²) in [7, 11) is -5.07. The Hall–Kier alpha value is -3.90. The Labute approximate surface area is 248 Å². The zero-order valence-corrected chi connectivity index (χ0v) is 24.9. The van der Waals surface area contributed by atoms with Gasteiger partial charge in [-0.1, -0.05) is 60.7 Å². The number of aliphatic imine (C=N–C) groups is 2. The molecule has 0 aliphatic heterocycles. The summed E-state index contributed by atoms with van der Waals surface area (Å²) in [6.07, 6.45) is 2.50. The second kappa shape index (κ2) is 13.6. The number of fused-ring (bicyclic) bond motifs is 1. The summed E-state index contributed by atoms with van der Waals surface area (Å²) in [6, 6.07) is 22.5. The van der Waals surface area contributed by atoms with E-state index in [4.69, 9.17) is 0 Å². The third-order valence-corrected chi connectivity index (χ3v) is 7.59. The highest BCUT2D eigenvalue weighted by Gasteiger charge is 2.17. The molecule has 4 aromatic carbocycles. The van der Waals surface area contributed by atoms with Crippen molar-refractivity contribution in [3.63, 3.8) is 0 Å². The fraction of sp³-hybridized carbons (Fsp3) is 0.0714. The molecule has 0 aliphatic carbocycles. The van der Waals surface area contributed by atoms with E-state index in [2.05, 4.69) is 106 Å². The average molecular weight is 626 g/mol. The normalized spacial score (nSPS) is 11.2. The van der Waals surface area contributed by atoms with Crippen molar-refractivity contribution in [1.29, 1.82) is 0 Å². The van der Waals surface area contributed by atoms with E-state index in [0.29, 0.717) is 0 Å². The lowest BCUT2D eigenvalue weighted by Crippen LogP contribution is -2.08. The van der Waals surface area contributed by atoms with Gasteiger partial charge in [0.2, 0.25) is 0 Å². The minimum atomic E-state index is -4.61. The Bertz CT molecular complexity index is 1840. The third kappa shape index (κ3) is 8.54. The van der Waals surface area contributed by atoms with E-state index in [1.54, 1.807) is 0 Å². The maximum absolute atomic E-state index is 11.6. The van der Waals surface area contributed by atoms with Crippen molar-refractivity contribution in [1.82, 2.24) is 0 Å². The zero-order chi connectivity index (χ0) is 30.2. The van der Waals surface area contributed by atoms with Gasteiger partial charge in [-0.25, -0.2) is 0 Å². The zero-order valence-electron chi connectivity index (χ0n) is 21.7. The van der Waals surface area contributed by atoms with Crippen LogP contribution in [0.4, 0.5) is 17.1 Å². The molecule has 0 atom stereocenters. The molecule has 9 nitrogen and oxygen atoms in total. The molecule has 0 amide bonds. The fourth-order valence-corrected chi connectivity index (χ4v) is 5.41. The Morgan fingerprint density at radius 1 is 0.707 bits per heavy atom. The molecule has 0 aromatic heterocycles. The molecule has 0 unspecified atom stereocenters. The number of isothiocyanates is 2. The van der Waals surface area contributed by atoms with Crippen LogP contribution in [0.3, 0.4) is 0 Å². The van der Waals surface area contributed by atoms with Gasteiger partial charge < -0.3 is 4.90 Å². The van der Waals surface area contributed by atoms with Gasteiger partial charge in [0.05, 0.1) is 21.7 Å². The van der Waals surface area contributed by atoms with Gasteiger partial charge in [0.25, 0.3) is 20.2 Å². The molecule has 41 heavy (non-hydrogen) atoms. The van der Waals surface area contributed by atoms with E-state index >= 15 is 0 Å². The number of hydrogen-bond donors (Lipinski definition) is 2. The first-order valence-corrected chi connectivity index (χ1v) is 15.3. The minimum Gasteiger partial charge on any atom is -0.377 e. The van der Waals surface area contributed by atoms with Gasteiger partial charge in [0.1, 0.15) is 9.79 Å². The predicted octanol–water partition coefficient (Wildman–Crippen LogP) is 6.72. The van der Waals surface area contributed by atoms with Crippen molar-refractivity contribution < 1.29 is 25.9 Å². The average Bonchev–Trinajstić information content (AvgIpc) is 2.92. The lowest BCUT2D eigenvalue weighted by atomic mass is 10.1. The van der Waals surface area contributed by atoms with E-state index < -0.39 is 30.0 Å². The van der Waals surface area contributed by atoms with Gasteiger partial charge >= 0.3 is 0 Å². The van der Waals surface area contributed by atoms with Crippen LogP contribution in [0.2, 0.25) is 0 Å². The van der Waals surface area contributed by atoms with Crippen LogP contribution in [-0.2, 0) is 20.2 Å². The van der Waals surface area contributed by atoms with Gasteiger partial charge in [-0.2, -0.15) is 26.8 Å². The topological polar surface area (TPSA) is 137 Å². The summed E-state index contributed by atoms with van der Waals surface area (Å²) in [6.45, 7) is 0. The first-order chi connectivity index (χ1) is 19.3. The second-order valence-electron chi connectivity index (χ2n) is 8.53. The summed E-state index contributed by atoms with van der Waals surface area (Å²) in [5, 5.41) is 6.77. The molecule has 0 aliphatic rings. The summed E-state index contributed by atoms with van der Waals surface area (Å²) in [5.41, 5.74) is 1.68. The van der Waals surface area contributed by atoms with Crippen molar-refractivity contribution in [2.45, 2.75) is 9.79 Å². The molecule has 2 N–H and O–H groups in total. The highest BCUT2D eigenvalue weighted by Crippen LogP contribution is 2.28. The van der Waals surface area contributed by atoms with Crippen LogP contribution in [0, 0.1) is 0 Å². The maximum Gasteiger partial charge on any atom is 0.295 e. The Morgan fingerprint density at radius 3 is 1.61 bits per heavy atom. The molecule has 0 heterocycles. The van der Waals surface area contributed by atoms with Crippen LogP contribution >= 0.6 is 24.4 Å². The van der Waals surface area contributed by atoms with E-state index in [-0.39, 0.29) is 22.5 Å². The Balaban J connectivity index is 0.000000294. The van der Waals surface area contributed by atoms with Crippen LogP contribution in [0.15, 0.2) is 98.6 Å². The van der Waals surface area contributed by atoms with Crippen LogP contribution in [-0.4, -0.2) is 50.4 Å². The summed E-state index contributed by atoms with van der Waals surface area (Å²) in [4.78, 5) is 8.49. The molecule has 0 fully saturated rings. The number of hydrogen-bond acceptors (Lipinski definition) is 9. The van der Waals surface area contributed by atoms with E-state index in [9.17, 15) is 25.9 Å². The van der Waals surface area contributed by atoms with Crippen LogP contribution in [0.1, 0.15) is 11.1 Å². The fourth-order valence-electron chi connectivity index (χ4n) is 3.79. The highest BCUT2D eigenvalue weighted by molar-refractivity contribution is 7.86. The number of nitrogens with zero attached hydrogens (tertiary/aromatic N) is 3. The van der Waals surface area contributed by atoms with Gasteiger partial charge in [-0.05, 0) is 71.3 Å². The molecule has 0 saturated heterocycles. The molecular formula is C28H23N3O6S4. The molecule has 0 saturated carbocycles. The van der Waals surface area contributed by atoms with E-state index in [1.807, 2.05) is 0 Å². The van der Waals surface area contributed by atoms with Crippen LogP contribution < -0.4 is 4.90 Å². The minimum absolute atomic E-state index is 0.0492. The first kappa shape index (κ1) is 31.6. The monoisotopic (exact) mass is 625 g/mol. The predicted molar refractivity (Wildman–Crippen MR) is 169 cm³/mol. The van der Waals surface area contributed by atoms with E-state index in [0.717, 1.165) is 12.1 Å². The van der Waals surface area contributed by atoms with Crippen LogP contribution in [0.25, 0.3) is 22.9 Å². The largest absolute Gasteiger partial charge is 0.377 e. The second-order valence-corrected chi connectivity index (χ2v) is 11.7. The van der Waals surface area contributed by atoms with Crippen molar-refractivity contribution >= 4 is 95.0 Å². The Kier molecular flexibility index (Phi) is 10.5. The number of benzene rings is 4. The molecular weight excluding hydrogens is 603 g/mol. The SMILES string of the molecule is CN(C)c1cccc2ccccc12.O=S(=O)(O)c1cc(N=C=S)ccc1C=Cc1ccc(N=C=S)cc1S(=O)(=O)O. The smallest absolute Gasteiger partial charge is 0.295 e. The quantitative estimate of drug-likeness (QED) is 0.0992. The highest BCUT2D eigenvalue weighted by atomic mass is 32.2. The van der Waals surface area contributed by atoms with Crippen molar-refractivity contribution in [3.05, 3.63) is 90.0 Å². The van der Waals surface area contributed by atoms with Gasteiger partial charge in [0.15, 0.2) is 0 Å². The lowest BCUT2D eigenvalue weighted by molar-refractivity contribution is 0.480. The summed E-state index contributed by atoms with van der Waals surface area (Å²) < 4.78 is 65.4. The molecule has 210 valence electrons. The molecule has 13 heteroatoms. The molecule has 4 aromatic rings. The first-order valence-electron chi connectivity index (χ1n) is 11.6. The molecule has 0 spiro atoms. The molecule has 0 bridgehead atoms. The number of rotatable bonds is 7. The number of anilines is 1. The van der Waals surface area contributed by atoms with Crippen molar-refractivity contribution in [3.8, 4) is 0 Å². The standard InChI is InChI=1S/C16H10N2O6S4.C12H13N/c19-27(20,21)15-7-13(17-9-25)5-3-11(15)1-2-12-4-6-14(18-10-26)8-16(12)28(22,23)24;1-13(2)12-9-5-7-10-6-3-4-8-11(10)12/h1-8H,(H,19,20,21)(H,22,23,24);3-9H,1-2H3. The molecule has 4 rings (SSSR count). The van der Waals surface area contributed by atoms with Gasteiger partial charge in [-0.3, -0.25) is 9.11 Å². The molecule has 0 radical (unpaired) electrons. The van der Waals surface area contributed by atoms with Crippen molar-refractivity contribution in [2.75, 3.05) is 19.0 Å². The lowest BCUT2D eigenvalue weighted by Gasteiger charge is -2.14. The van der Waals surface area contributed by atoms with Gasteiger partial charge in [0, 0.05) is 25.2 Å². The summed E-state index contributed by atoms with van der Waals surface area (Å²) in [5.74, 6) is 0. The third-order valence-electron chi connectivity index (χ3n) is 5.59. The Morgan fingerprint density at radius 2 is 1.17 bits per heavy atom. The summed E-state index contributed by atoms with van der Waals surface area (Å²) >= 11 is 8.91. The maximum atomic E-state index is 11.6. The van der Waals surface area contributed by atoms with Crippen molar-refractivity contribution in [2.24, 2.45) is 9.98 Å². The van der Waals surface area contributed by atoms with Gasteiger partial charge in [-0.15, -0.1) is 0 Å².